The summed E-state index contributed by atoms with van der Waals surface area (Å²) in [7, 11) is 3.22. The third kappa shape index (κ3) is 10.1. The summed E-state index contributed by atoms with van der Waals surface area (Å²) in [6.07, 6.45) is 10.3. The molecule has 7 aliphatic rings. The van der Waals surface area contributed by atoms with Crippen molar-refractivity contribution in [1.82, 2.24) is 0 Å². The standard InChI is InChI=1S/C49H72O14/c1-11-13-26(2)44-29(5)18-19-48(63-44)24-35-21-34(62-48)17-16-28(4)43(27(3)14-12-15-33-25-56-46-41(50)30(6)20-36(47(52)59-35)49(33,46)53)60-40-23-38(55-10)45(32(8)58-40)61-39-22-37(54-9)42(51)31(7)57-39/h12-16,18-20,27,29,31-32,34-46,50-51,53H,11,17,21-25H2,1-10H3/b14-12-,26-13+,28-16-,33-15?/t27-,29-,31-,32-,34+,35-,36-,37-,38-,39-,40-,41+,42-,43-,44?,45-,46+,48+,49+/m0/s1. The molecule has 0 saturated carbocycles. The van der Waals surface area contributed by atoms with Gasteiger partial charge in [-0.3, -0.25) is 4.79 Å². The van der Waals surface area contributed by atoms with Crippen LogP contribution in [0, 0.1) is 17.8 Å². The Bertz CT molecular complexity index is 1800. The molecule has 3 N–H and O–H groups in total. The minimum absolute atomic E-state index is 0.0267. The van der Waals surface area contributed by atoms with E-state index in [1.165, 1.54) is 0 Å². The second kappa shape index (κ2) is 20.1. The molecule has 4 saturated heterocycles. The molecule has 19 atom stereocenters. The Morgan fingerprint density at radius 3 is 2.35 bits per heavy atom. The van der Waals surface area contributed by atoms with Crippen LogP contribution in [0.1, 0.15) is 93.9 Å². The van der Waals surface area contributed by atoms with Crippen LogP contribution in [0.25, 0.3) is 0 Å². The first kappa shape index (κ1) is 48.4. The Labute approximate surface area is 373 Å². The van der Waals surface area contributed by atoms with Crippen molar-refractivity contribution in [2.75, 3.05) is 20.8 Å². The molecule has 4 fully saturated rings. The SMILES string of the molecule is CC/C=C(\C)C1O[C@]2(C=C[C@@H]1C)C[C@@H]1C[C@@H](C/C=C(/C)[C@@H](O[C@H]3C[C@H](OC)[C@@H](O[C@H]4C[C@H](OC)[C@@H](O)[C@H](C)O4)[C@H](C)O3)[C@@H](C)/C=C\C=C3CO[C@@H]4[C@H](O)C(C)=C[C@@H](C(=O)O1)[C@]34O)O2. The summed E-state index contributed by atoms with van der Waals surface area (Å²) in [5.41, 5.74) is 1.22. The van der Waals surface area contributed by atoms with Crippen molar-refractivity contribution < 1.29 is 67.5 Å². The molecule has 14 heteroatoms. The fourth-order valence-electron chi connectivity index (χ4n) is 10.6. The number of allylic oxidation sites excluding steroid dienone is 3. The van der Waals surface area contributed by atoms with Crippen LogP contribution in [0.3, 0.4) is 0 Å². The molecule has 2 bridgehead atoms. The smallest absolute Gasteiger partial charge is 0.316 e. The van der Waals surface area contributed by atoms with Crippen molar-refractivity contribution in [2.45, 2.75) is 191 Å². The third-order valence-electron chi connectivity index (χ3n) is 14.2. The van der Waals surface area contributed by atoms with E-state index in [0.29, 0.717) is 36.8 Å². The lowest BCUT2D eigenvalue weighted by Gasteiger charge is -2.47. The Hall–Kier alpha value is -2.57. The van der Waals surface area contributed by atoms with E-state index in [0.717, 1.165) is 17.6 Å². The van der Waals surface area contributed by atoms with Gasteiger partial charge in [-0.2, -0.15) is 0 Å². The average molecular weight is 885 g/mol. The summed E-state index contributed by atoms with van der Waals surface area (Å²) in [6.45, 7) is 15.9. The van der Waals surface area contributed by atoms with E-state index in [9.17, 15) is 20.1 Å². The van der Waals surface area contributed by atoms with Crippen LogP contribution in [-0.4, -0.2) is 139 Å². The molecule has 352 valence electrons. The molecule has 1 unspecified atom stereocenters. The number of carbonyl (C=O) groups is 1. The highest BCUT2D eigenvalue weighted by Gasteiger charge is 2.60. The van der Waals surface area contributed by atoms with Crippen LogP contribution < -0.4 is 0 Å². The highest BCUT2D eigenvalue weighted by Crippen LogP contribution is 2.47. The Balaban J connectivity index is 1.19. The average Bonchev–Trinajstić information content (AvgIpc) is 3.59. The molecule has 0 aromatic heterocycles. The van der Waals surface area contributed by atoms with Gasteiger partial charge in [0, 0.05) is 51.7 Å². The molecule has 7 rings (SSSR count). The monoisotopic (exact) mass is 884 g/mol. The van der Waals surface area contributed by atoms with Crippen LogP contribution in [0.4, 0.5) is 0 Å². The molecule has 14 nitrogen and oxygen atoms in total. The number of carbonyl (C=O) groups excluding carboxylic acids is 1. The van der Waals surface area contributed by atoms with Gasteiger partial charge in [0.25, 0.3) is 0 Å². The molecular formula is C49H72O14. The Morgan fingerprint density at radius 1 is 0.905 bits per heavy atom. The van der Waals surface area contributed by atoms with E-state index in [1.54, 1.807) is 40.2 Å². The van der Waals surface area contributed by atoms with Gasteiger partial charge < -0.3 is 62.7 Å². The number of aliphatic hydroxyl groups excluding tert-OH is 2. The van der Waals surface area contributed by atoms with Crippen molar-refractivity contribution in [3.8, 4) is 0 Å². The number of rotatable bonds is 8. The van der Waals surface area contributed by atoms with E-state index in [-0.39, 0.29) is 37.1 Å². The summed E-state index contributed by atoms with van der Waals surface area (Å²) < 4.78 is 63.7. The van der Waals surface area contributed by atoms with E-state index >= 15 is 0 Å². The van der Waals surface area contributed by atoms with E-state index in [2.05, 4.69) is 45.9 Å². The maximum Gasteiger partial charge on any atom is 0.316 e. The Morgan fingerprint density at radius 2 is 1.62 bits per heavy atom. The third-order valence-corrected chi connectivity index (χ3v) is 14.2. The minimum atomic E-state index is -1.84. The second-order valence-electron chi connectivity index (χ2n) is 18.9. The molecule has 63 heavy (non-hydrogen) atoms. The van der Waals surface area contributed by atoms with Crippen molar-refractivity contribution >= 4 is 5.97 Å². The summed E-state index contributed by atoms with van der Waals surface area (Å²) in [5, 5.41) is 34.3. The van der Waals surface area contributed by atoms with Crippen molar-refractivity contribution in [1.29, 1.82) is 0 Å². The normalized spacial score (nSPS) is 47.5. The minimum Gasteiger partial charge on any atom is -0.462 e. The number of aliphatic hydroxyl groups is 3. The molecule has 0 aromatic rings. The van der Waals surface area contributed by atoms with Crippen LogP contribution >= 0.6 is 0 Å². The van der Waals surface area contributed by atoms with Gasteiger partial charge in [-0.05, 0) is 75.8 Å². The van der Waals surface area contributed by atoms with Gasteiger partial charge in [0.1, 0.15) is 42.0 Å². The lowest BCUT2D eigenvalue weighted by Crippen LogP contribution is -2.58. The molecule has 1 spiro atoms. The maximum atomic E-state index is 14.4. The predicted octanol–water partition coefficient (Wildman–Crippen LogP) is 5.69. The van der Waals surface area contributed by atoms with E-state index < -0.39 is 96.9 Å². The maximum absolute atomic E-state index is 14.4. The summed E-state index contributed by atoms with van der Waals surface area (Å²) >= 11 is 0. The molecule has 6 heterocycles. The molecule has 0 aromatic carbocycles. The summed E-state index contributed by atoms with van der Waals surface area (Å²) in [4.78, 5) is 14.4. The van der Waals surface area contributed by atoms with Gasteiger partial charge in [0.15, 0.2) is 18.4 Å². The number of hydrogen-bond acceptors (Lipinski definition) is 14. The van der Waals surface area contributed by atoms with Crippen LogP contribution in [0.2, 0.25) is 0 Å². The fraction of sp³-hybridized carbons (Fsp3) is 0.735. The van der Waals surface area contributed by atoms with Crippen molar-refractivity contribution in [2.24, 2.45) is 17.8 Å². The summed E-state index contributed by atoms with van der Waals surface area (Å²) in [6, 6.07) is 0. The quantitative estimate of drug-likeness (QED) is 0.201. The number of hydrogen-bond donors (Lipinski definition) is 3. The zero-order valence-electron chi connectivity index (χ0n) is 38.7. The molecule has 0 amide bonds. The van der Waals surface area contributed by atoms with Gasteiger partial charge in [-0.15, -0.1) is 0 Å². The molecule has 0 radical (unpaired) electrons. The number of methoxy groups -OCH3 is 2. The first-order chi connectivity index (χ1) is 30.0. The van der Waals surface area contributed by atoms with Gasteiger partial charge in [-0.1, -0.05) is 63.3 Å². The van der Waals surface area contributed by atoms with Crippen molar-refractivity contribution in [3.05, 3.63) is 70.9 Å². The zero-order chi connectivity index (χ0) is 45.4. The van der Waals surface area contributed by atoms with Gasteiger partial charge >= 0.3 is 5.97 Å². The topological polar surface area (TPSA) is 170 Å². The number of fused-ring (bicyclic) bond motifs is 2. The van der Waals surface area contributed by atoms with Crippen LogP contribution in [0.15, 0.2) is 70.9 Å². The second-order valence-corrected chi connectivity index (χ2v) is 18.9. The van der Waals surface area contributed by atoms with Crippen molar-refractivity contribution in [3.63, 3.8) is 0 Å². The number of ether oxygens (including phenoxy) is 10. The lowest BCUT2D eigenvalue weighted by molar-refractivity contribution is -0.318. The lowest BCUT2D eigenvalue weighted by atomic mass is 9.71. The van der Waals surface area contributed by atoms with Crippen LogP contribution in [-0.2, 0) is 52.2 Å². The van der Waals surface area contributed by atoms with Gasteiger partial charge in [-0.25, -0.2) is 0 Å². The number of esters is 1. The van der Waals surface area contributed by atoms with Gasteiger partial charge in [0.2, 0.25) is 0 Å². The molecule has 1 aliphatic carbocycles. The highest BCUT2D eigenvalue weighted by molar-refractivity contribution is 5.78. The summed E-state index contributed by atoms with van der Waals surface area (Å²) in [5.74, 6) is -2.96. The first-order valence-corrected chi connectivity index (χ1v) is 23.0. The highest BCUT2D eigenvalue weighted by atomic mass is 16.7. The Kier molecular flexibility index (Phi) is 15.4. The first-order valence-electron chi connectivity index (χ1n) is 23.0. The van der Waals surface area contributed by atoms with E-state index in [1.807, 2.05) is 32.1 Å². The zero-order valence-corrected chi connectivity index (χ0v) is 38.7. The van der Waals surface area contributed by atoms with E-state index in [4.69, 9.17) is 47.4 Å². The largest absolute Gasteiger partial charge is 0.462 e. The van der Waals surface area contributed by atoms with Gasteiger partial charge in [0.05, 0.1) is 49.3 Å². The fourth-order valence-corrected chi connectivity index (χ4v) is 10.6. The predicted molar refractivity (Wildman–Crippen MR) is 232 cm³/mol. The molecular weight excluding hydrogens is 813 g/mol. The molecule has 6 aliphatic heterocycles. The van der Waals surface area contributed by atoms with Crippen LogP contribution in [0.5, 0.6) is 0 Å².